The molecule has 0 atom stereocenters. The molecule has 0 saturated heterocycles. The van der Waals surface area contributed by atoms with E-state index in [4.69, 9.17) is 18.8 Å². The van der Waals surface area contributed by atoms with Crippen LogP contribution < -0.4 is 18.8 Å². The van der Waals surface area contributed by atoms with Crippen LogP contribution in [0.3, 0.4) is 0 Å². The lowest BCUT2D eigenvalue weighted by atomic mass is 10.1. The Bertz CT molecular complexity index is 638. The molecule has 0 fully saturated rings. The van der Waals surface area contributed by atoms with E-state index in [9.17, 15) is 0 Å². The summed E-state index contributed by atoms with van der Waals surface area (Å²) >= 11 is 0. The second-order valence-electron chi connectivity index (χ2n) is 5.51. The maximum atomic E-state index is 5.66. The van der Waals surface area contributed by atoms with Crippen molar-refractivity contribution in [2.24, 2.45) is 0 Å². The van der Waals surface area contributed by atoms with Gasteiger partial charge in [0.25, 0.3) is 0 Å². The largest absolute Gasteiger partial charge is 0.658 e. The van der Waals surface area contributed by atoms with Gasteiger partial charge in [-0.25, -0.2) is 0 Å². The maximum Gasteiger partial charge on any atom is 0.658 e. The molecule has 2 aromatic rings. The van der Waals surface area contributed by atoms with Crippen molar-refractivity contribution in [2.75, 3.05) is 14.2 Å². The highest BCUT2D eigenvalue weighted by Crippen LogP contribution is 2.31. The van der Waals surface area contributed by atoms with E-state index in [1.807, 2.05) is 52.0 Å². The minimum atomic E-state index is 0.708. The predicted octanol–water partition coefficient (Wildman–Crippen LogP) is 3.93. The van der Waals surface area contributed by atoms with E-state index >= 15 is 0 Å². The van der Waals surface area contributed by atoms with Gasteiger partial charge in [0.1, 0.15) is 23.0 Å². The van der Waals surface area contributed by atoms with Crippen LogP contribution in [0, 0.1) is 27.7 Å². The fourth-order valence-corrected chi connectivity index (χ4v) is 2.38. The molecular formula is C18H22BO4. The first-order valence-corrected chi connectivity index (χ1v) is 7.41. The molecule has 2 rings (SSSR count). The van der Waals surface area contributed by atoms with E-state index in [1.54, 1.807) is 14.2 Å². The van der Waals surface area contributed by atoms with Gasteiger partial charge in [-0.05, 0) is 63.1 Å². The van der Waals surface area contributed by atoms with Gasteiger partial charge in [0.15, 0.2) is 0 Å². The lowest BCUT2D eigenvalue weighted by Crippen LogP contribution is -2.13. The Labute approximate surface area is 138 Å². The van der Waals surface area contributed by atoms with Crippen molar-refractivity contribution >= 4 is 7.69 Å². The van der Waals surface area contributed by atoms with Crippen LogP contribution in [0.25, 0.3) is 0 Å². The zero-order valence-electron chi connectivity index (χ0n) is 14.5. The van der Waals surface area contributed by atoms with Crippen LogP contribution in [0.5, 0.6) is 23.0 Å². The Hall–Kier alpha value is -2.30. The highest BCUT2D eigenvalue weighted by Gasteiger charge is 2.12. The second kappa shape index (κ2) is 7.31. The summed E-state index contributed by atoms with van der Waals surface area (Å²) in [6, 6.07) is 7.83. The molecule has 0 unspecified atom stereocenters. The zero-order chi connectivity index (χ0) is 17.0. The molecule has 0 amide bonds. The molecule has 121 valence electrons. The van der Waals surface area contributed by atoms with Crippen LogP contribution in [0.2, 0.25) is 0 Å². The highest BCUT2D eigenvalue weighted by molar-refractivity contribution is 6.21. The quantitative estimate of drug-likeness (QED) is 0.757. The SMILES string of the molecule is COc1cc(C)cc(O[B]Oc2cc(C)cc(OC)c2C)c1C. The average molecular weight is 313 g/mol. The van der Waals surface area contributed by atoms with Crippen LogP contribution in [-0.2, 0) is 0 Å². The third-order valence-electron chi connectivity index (χ3n) is 3.70. The van der Waals surface area contributed by atoms with Gasteiger partial charge < -0.3 is 18.8 Å². The zero-order valence-corrected chi connectivity index (χ0v) is 14.5. The van der Waals surface area contributed by atoms with Crippen LogP contribution in [-0.4, -0.2) is 21.9 Å². The number of ether oxygens (including phenoxy) is 2. The van der Waals surface area contributed by atoms with E-state index in [0.29, 0.717) is 11.5 Å². The van der Waals surface area contributed by atoms with E-state index < -0.39 is 0 Å². The van der Waals surface area contributed by atoms with Gasteiger partial charge in [0.05, 0.1) is 14.2 Å². The summed E-state index contributed by atoms with van der Waals surface area (Å²) in [6.45, 7) is 7.88. The number of rotatable bonds is 6. The van der Waals surface area contributed by atoms with Gasteiger partial charge in [-0.3, -0.25) is 0 Å². The normalized spacial score (nSPS) is 10.2. The number of aryl methyl sites for hydroxylation is 2. The molecule has 0 aromatic heterocycles. The van der Waals surface area contributed by atoms with Gasteiger partial charge in [0.2, 0.25) is 0 Å². The molecule has 0 saturated carbocycles. The fourth-order valence-electron chi connectivity index (χ4n) is 2.38. The van der Waals surface area contributed by atoms with Crippen molar-refractivity contribution in [3.05, 3.63) is 46.5 Å². The van der Waals surface area contributed by atoms with Crippen LogP contribution in [0.1, 0.15) is 22.3 Å². The first-order valence-electron chi connectivity index (χ1n) is 7.41. The number of methoxy groups -OCH3 is 2. The molecule has 1 radical (unpaired) electrons. The summed E-state index contributed by atoms with van der Waals surface area (Å²) in [5, 5.41) is 0. The molecule has 0 heterocycles. The molecule has 5 heteroatoms. The summed E-state index contributed by atoms with van der Waals surface area (Å²) in [4.78, 5) is 0. The number of benzene rings is 2. The van der Waals surface area contributed by atoms with Crippen molar-refractivity contribution in [1.82, 2.24) is 0 Å². The summed E-state index contributed by atoms with van der Waals surface area (Å²) in [6.07, 6.45) is 0. The predicted molar refractivity (Wildman–Crippen MR) is 91.9 cm³/mol. The monoisotopic (exact) mass is 313 g/mol. The van der Waals surface area contributed by atoms with E-state index in [2.05, 4.69) is 0 Å². The summed E-state index contributed by atoms with van der Waals surface area (Å²) in [7, 11) is 4.63. The Morgan fingerprint density at radius 2 is 0.957 bits per heavy atom. The number of hydrogen-bond acceptors (Lipinski definition) is 4. The summed E-state index contributed by atoms with van der Waals surface area (Å²) in [5.41, 5.74) is 3.97. The lowest BCUT2D eigenvalue weighted by molar-refractivity contribution is 0.400. The van der Waals surface area contributed by atoms with E-state index in [-0.39, 0.29) is 0 Å². The van der Waals surface area contributed by atoms with Gasteiger partial charge in [0, 0.05) is 11.1 Å². The number of hydrogen-bond donors (Lipinski definition) is 0. The molecule has 0 aliphatic heterocycles. The maximum absolute atomic E-state index is 5.66. The van der Waals surface area contributed by atoms with Crippen molar-refractivity contribution in [3.8, 4) is 23.0 Å². The minimum absolute atomic E-state index is 0.708. The Kier molecular flexibility index (Phi) is 5.43. The van der Waals surface area contributed by atoms with Crippen molar-refractivity contribution in [3.63, 3.8) is 0 Å². The Balaban J connectivity index is 2.12. The third kappa shape index (κ3) is 3.92. The van der Waals surface area contributed by atoms with Gasteiger partial charge >= 0.3 is 7.69 Å². The van der Waals surface area contributed by atoms with Crippen molar-refractivity contribution < 1.29 is 18.8 Å². The molecule has 0 spiro atoms. The molecular weight excluding hydrogens is 291 g/mol. The average Bonchev–Trinajstić information content (AvgIpc) is 2.53. The second-order valence-corrected chi connectivity index (χ2v) is 5.51. The Morgan fingerprint density at radius 3 is 1.30 bits per heavy atom. The standard InChI is InChI=1S/C18H22BO4/c1-11-7-15(20-5)13(3)17(9-11)22-19-23-18-10-12(2)8-16(21-6)14(18)4/h7-10H,1-6H3. The topological polar surface area (TPSA) is 36.9 Å². The molecule has 0 bridgehead atoms. The molecule has 0 N–H and O–H groups in total. The summed E-state index contributed by atoms with van der Waals surface area (Å²) in [5.74, 6) is 3.00. The molecule has 2 aromatic carbocycles. The van der Waals surface area contributed by atoms with Crippen molar-refractivity contribution in [1.29, 1.82) is 0 Å². The van der Waals surface area contributed by atoms with Crippen LogP contribution in [0.15, 0.2) is 24.3 Å². The lowest BCUT2D eigenvalue weighted by Gasteiger charge is -2.15. The fraction of sp³-hybridized carbons (Fsp3) is 0.333. The highest BCUT2D eigenvalue weighted by atomic mass is 16.6. The van der Waals surface area contributed by atoms with Crippen LogP contribution >= 0.6 is 0 Å². The third-order valence-corrected chi connectivity index (χ3v) is 3.70. The van der Waals surface area contributed by atoms with Gasteiger partial charge in [-0.1, -0.05) is 0 Å². The van der Waals surface area contributed by atoms with Crippen LogP contribution in [0.4, 0.5) is 0 Å². The molecule has 0 aliphatic rings. The molecule has 23 heavy (non-hydrogen) atoms. The van der Waals surface area contributed by atoms with E-state index in [0.717, 1.165) is 33.8 Å². The van der Waals surface area contributed by atoms with Gasteiger partial charge in [-0.15, -0.1) is 0 Å². The smallest absolute Gasteiger partial charge is 0.526 e. The first kappa shape index (κ1) is 17.1. The summed E-state index contributed by atoms with van der Waals surface area (Å²) < 4.78 is 22.0. The van der Waals surface area contributed by atoms with E-state index in [1.165, 1.54) is 7.69 Å². The Morgan fingerprint density at radius 1 is 0.609 bits per heavy atom. The molecule has 0 aliphatic carbocycles. The minimum Gasteiger partial charge on any atom is -0.526 e. The van der Waals surface area contributed by atoms with Crippen molar-refractivity contribution in [2.45, 2.75) is 27.7 Å². The molecule has 4 nitrogen and oxygen atoms in total. The first-order chi connectivity index (χ1) is 11.0. The van der Waals surface area contributed by atoms with Gasteiger partial charge in [-0.2, -0.15) is 0 Å².